The molecule has 0 heterocycles. The second-order valence-electron chi connectivity index (χ2n) is 4.25. The van der Waals surface area contributed by atoms with Crippen LogP contribution >= 0.6 is 11.6 Å². The SMILES string of the molecule is CCN(CC(C)C)c1cc(Cl)ccc1C=O. The van der Waals surface area contributed by atoms with Crippen molar-refractivity contribution < 1.29 is 4.79 Å². The van der Waals surface area contributed by atoms with Crippen molar-refractivity contribution in [1.82, 2.24) is 0 Å². The number of hydrogen-bond donors (Lipinski definition) is 0. The first-order chi connectivity index (χ1) is 7.58. The molecule has 0 bridgehead atoms. The minimum Gasteiger partial charge on any atom is -0.371 e. The molecular formula is C13H18ClNO. The predicted molar refractivity (Wildman–Crippen MR) is 69.6 cm³/mol. The van der Waals surface area contributed by atoms with Gasteiger partial charge in [-0.1, -0.05) is 25.4 Å². The Balaban J connectivity index is 3.06. The van der Waals surface area contributed by atoms with E-state index in [0.717, 1.165) is 25.1 Å². The molecule has 0 aliphatic rings. The highest BCUT2D eigenvalue weighted by Crippen LogP contribution is 2.24. The summed E-state index contributed by atoms with van der Waals surface area (Å²) in [4.78, 5) is 13.2. The van der Waals surface area contributed by atoms with E-state index in [1.807, 2.05) is 6.07 Å². The molecule has 0 unspecified atom stereocenters. The van der Waals surface area contributed by atoms with Crippen LogP contribution in [0.25, 0.3) is 0 Å². The molecule has 0 aliphatic heterocycles. The van der Waals surface area contributed by atoms with Gasteiger partial charge in [0.05, 0.1) is 0 Å². The van der Waals surface area contributed by atoms with Crippen LogP contribution in [0.3, 0.4) is 0 Å². The maximum Gasteiger partial charge on any atom is 0.152 e. The van der Waals surface area contributed by atoms with E-state index in [0.29, 0.717) is 16.5 Å². The standard InChI is InChI=1S/C13H18ClNO/c1-4-15(8-10(2)3)13-7-12(14)6-5-11(13)9-16/h5-7,9-10H,4,8H2,1-3H3. The molecule has 0 N–H and O–H groups in total. The maximum atomic E-state index is 11.0. The van der Waals surface area contributed by atoms with Gasteiger partial charge in [-0.15, -0.1) is 0 Å². The molecule has 1 rings (SSSR count). The van der Waals surface area contributed by atoms with Crippen LogP contribution in [-0.2, 0) is 0 Å². The van der Waals surface area contributed by atoms with Crippen LogP contribution in [0, 0.1) is 5.92 Å². The zero-order valence-corrected chi connectivity index (χ0v) is 10.8. The molecule has 1 aromatic rings. The van der Waals surface area contributed by atoms with Crippen molar-refractivity contribution in [1.29, 1.82) is 0 Å². The molecule has 3 heteroatoms. The van der Waals surface area contributed by atoms with E-state index >= 15 is 0 Å². The minimum absolute atomic E-state index is 0.554. The maximum absolute atomic E-state index is 11.0. The van der Waals surface area contributed by atoms with Gasteiger partial charge in [-0.3, -0.25) is 4.79 Å². The lowest BCUT2D eigenvalue weighted by molar-refractivity contribution is 0.112. The van der Waals surface area contributed by atoms with E-state index in [2.05, 4.69) is 25.7 Å². The van der Waals surface area contributed by atoms with Crippen LogP contribution in [0.1, 0.15) is 31.1 Å². The van der Waals surface area contributed by atoms with Crippen molar-refractivity contribution in [3.05, 3.63) is 28.8 Å². The van der Waals surface area contributed by atoms with Gasteiger partial charge in [-0.2, -0.15) is 0 Å². The smallest absolute Gasteiger partial charge is 0.152 e. The normalized spacial score (nSPS) is 10.6. The van der Waals surface area contributed by atoms with Crippen molar-refractivity contribution in [3.8, 4) is 0 Å². The molecule has 0 radical (unpaired) electrons. The van der Waals surface area contributed by atoms with Crippen LogP contribution in [0.2, 0.25) is 5.02 Å². The van der Waals surface area contributed by atoms with Gasteiger partial charge >= 0.3 is 0 Å². The fraction of sp³-hybridized carbons (Fsp3) is 0.462. The van der Waals surface area contributed by atoms with Gasteiger partial charge in [0.15, 0.2) is 6.29 Å². The second-order valence-corrected chi connectivity index (χ2v) is 4.69. The largest absolute Gasteiger partial charge is 0.371 e. The highest BCUT2D eigenvalue weighted by molar-refractivity contribution is 6.31. The van der Waals surface area contributed by atoms with Gasteiger partial charge in [-0.05, 0) is 31.0 Å². The Hall–Kier alpha value is -1.02. The van der Waals surface area contributed by atoms with Crippen LogP contribution in [-0.4, -0.2) is 19.4 Å². The number of carbonyl (C=O) groups excluding carboxylic acids is 1. The quantitative estimate of drug-likeness (QED) is 0.732. The summed E-state index contributed by atoms with van der Waals surface area (Å²) >= 11 is 5.97. The van der Waals surface area contributed by atoms with Crippen LogP contribution in [0.5, 0.6) is 0 Å². The molecule has 0 aliphatic carbocycles. The van der Waals surface area contributed by atoms with E-state index in [9.17, 15) is 4.79 Å². The van der Waals surface area contributed by atoms with Gasteiger partial charge in [-0.25, -0.2) is 0 Å². The Labute approximate surface area is 102 Å². The number of rotatable bonds is 5. The lowest BCUT2D eigenvalue weighted by atomic mass is 10.1. The van der Waals surface area contributed by atoms with Crippen molar-refractivity contribution in [2.24, 2.45) is 5.92 Å². The summed E-state index contributed by atoms with van der Waals surface area (Å²) < 4.78 is 0. The first kappa shape index (κ1) is 13.0. The lowest BCUT2D eigenvalue weighted by Crippen LogP contribution is -2.28. The number of hydrogen-bond acceptors (Lipinski definition) is 2. The molecule has 0 saturated carbocycles. The number of halogens is 1. The van der Waals surface area contributed by atoms with Gasteiger partial charge in [0, 0.05) is 29.4 Å². The summed E-state index contributed by atoms with van der Waals surface area (Å²) in [5.74, 6) is 0.554. The van der Waals surface area contributed by atoms with Crippen molar-refractivity contribution in [3.63, 3.8) is 0 Å². The molecule has 2 nitrogen and oxygen atoms in total. The third kappa shape index (κ3) is 3.24. The Morgan fingerprint density at radius 2 is 2.12 bits per heavy atom. The Morgan fingerprint density at radius 3 is 2.62 bits per heavy atom. The zero-order valence-electron chi connectivity index (χ0n) is 10.0. The number of nitrogens with zero attached hydrogens (tertiary/aromatic N) is 1. The number of anilines is 1. The summed E-state index contributed by atoms with van der Waals surface area (Å²) in [6.07, 6.45) is 0.884. The van der Waals surface area contributed by atoms with Gasteiger partial charge in [0.25, 0.3) is 0 Å². The predicted octanol–water partition coefficient (Wildman–Crippen LogP) is 3.63. The molecule has 88 valence electrons. The van der Waals surface area contributed by atoms with Crippen LogP contribution < -0.4 is 4.90 Å². The summed E-state index contributed by atoms with van der Waals surface area (Å²) in [5, 5.41) is 0.669. The summed E-state index contributed by atoms with van der Waals surface area (Å²) in [5.41, 5.74) is 1.63. The van der Waals surface area contributed by atoms with Crippen molar-refractivity contribution in [2.75, 3.05) is 18.0 Å². The minimum atomic E-state index is 0.554. The number of aldehydes is 1. The van der Waals surface area contributed by atoms with Gasteiger partial charge < -0.3 is 4.90 Å². The molecule has 16 heavy (non-hydrogen) atoms. The zero-order chi connectivity index (χ0) is 12.1. The highest BCUT2D eigenvalue weighted by Gasteiger charge is 2.11. The first-order valence-corrected chi connectivity index (χ1v) is 5.96. The summed E-state index contributed by atoms with van der Waals surface area (Å²) in [6, 6.07) is 5.38. The highest BCUT2D eigenvalue weighted by atomic mass is 35.5. The van der Waals surface area contributed by atoms with Crippen LogP contribution in [0.4, 0.5) is 5.69 Å². The van der Waals surface area contributed by atoms with E-state index in [1.165, 1.54) is 0 Å². The van der Waals surface area contributed by atoms with E-state index in [4.69, 9.17) is 11.6 Å². The van der Waals surface area contributed by atoms with Crippen molar-refractivity contribution >= 4 is 23.6 Å². The third-order valence-electron chi connectivity index (χ3n) is 2.43. The molecule has 0 saturated heterocycles. The fourth-order valence-corrected chi connectivity index (χ4v) is 1.90. The third-order valence-corrected chi connectivity index (χ3v) is 2.66. The molecular weight excluding hydrogens is 222 g/mol. The number of benzene rings is 1. The lowest BCUT2D eigenvalue weighted by Gasteiger charge is -2.26. The molecule has 1 aromatic carbocycles. The molecule has 0 atom stereocenters. The Morgan fingerprint density at radius 1 is 1.44 bits per heavy atom. The average molecular weight is 240 g/mol. The number of carbonyl (C=O) groups is 1. The second kappa shape index (κ2) is 5.90. The summed E-state index contributed by atoms with van der Waals surface area (Å²) in [7, 11) is 0. The molecule has 0 amide bonds. The average Bonchev–Trinajstić information content (AvgIpc) is 2.25. The van der Waals surface area contributed by atoms with Gasteiger partial charge in [0.1, 0.15) is 0 Å². The van der Waals surface area contributed by atoms with E-state index < -0.39 is 0 Å². The fourth-order valence-electron chi connectivity index (χ4n) is 1.73. The van der Waals surface area contributed by atoms with E-state index in [-0.39, 0.29) is 0 Å². The van der Waals surface area contributed by atoms with Crippen LogP contribution in [0.15, 0.2) is 18.2 Å². The molecule has 0 fully saturated rings. The van der Waals surface area contributed by atoms with Gasteiger partial charge in [0.2, 0.25) is 0 Å². The van der Waals surface area contributed by atoms with E-state index in [1.54, 1.807) is 12.1 Å². The Kier molecular flexibility index (Phi) is 4.81. The molecule has 0 spiro atoms. The molecule has 0 aromatic heterocycles. The Bertz CT molecular complexity index is 363. The first-order valence-electron chi connectivity index (χ1n) is 5.58. The topological polar surface area (TPSA) is 20.3 Å². The summed E-state index contributed by atoms with van der Waals surface area (Å²) in [6.45, 7) is 8.20. The van der Waals surface area contributed by atoms with Crippen molar-refractivity contribution in [2.45, 2.75) is 20.8 Å². The monoisotopic (exact) mass is 239 g/mol.